The SMILES string of the molecule is CC1(C)COB(N2CCOCC2)OC1. The summed E-state index contributed by atoms with van der Waals surface area (Å²) in [6.45, 7) is 9.24. The molecule has 5 heteroatoms. The van der Waals surface area contributed by atoms with Gasteiger partial charge < -0.3 is 14.0 Å². The van der Waals surface area contributed by atoms with Crippen LogP contribution in [0.3, 0.4) is 0 Å². The van der Waals surface area contributed by atoms with Gasteiger partial charge in [0.25, 0.3) is 0 Å². The van der Waals surface area contributed by atoms with Crippen molar-refractivity contribution in [2.24, 2.45) is 5.41 Å². The molecule has 4 nitrogen and oxygen atoms in total. The highest BCUT2D eigenvalue weighted by molar-refractivity contribution is 6.41. The van der Waals surface area contributed by atoms with Crippen LogP contribution in [0.2, 0.25) is 0 Å². The molecule has 2 aliphatic heterocycles. The van der Waals surface area contributed by atoms with E-state index in [0.29, 0.717) is 0 Å². The Labute approximate surface area is 85.7 Å². The summed E-state index contributed by atoms with van der Waals surface area (Å²) < 4.78 is 16.6. The summed E-state index contributed by atoms with van der Waals surface area (Å²) in [6.07, 6.45) is 0. The molecule has 0 spiro atoms. The first kappa shape index (κ1) is 10.4. The maximum Gasteiger partial charge on any atom is 0.557 e. The van der Waals surface area contributed by atoms with Crippen LogP contribution < -0.4 is 0 Å². The van der Waals surface area contributed by atoms with Crippen molar-refractivity contribution < 1.29 is 14.0 Å². The molecule has 0 bridgehead atoms. The van der Waals surface area contributed by atoms with Gasteiger partial charge in [0.15, 0.2) is 0 Å². The summed E-state index contributed by atoms with van der Waals surface area (Å²) in [6, 6.07) is 0. The predicted octanol–water partition coefficient (Wildman–Crippen LogP) is 0.376. The first-order valence-electron chi connectivity index (χ1n) is 5.22. The fourth-order valence-electron chi connectivity index (χ4n) is 1.68. The van der Waals surface area contributed by atoms with E-state index in [1.54, 1.807) is 0 Å². The van der Waals surface area contributed by atoms with Gasteiger partial charge in [-0.25, -0.2) is 0 Å². The highest BCUT2D eigenvalue weighted by Gasteiger charge is 2.37. The van der Waals surface area contributed by atoms with Crippen LogP contribution >= 0.6 is 0 Å². The molecule has 2 rings (SSSR count). The van der Waals surface area contributed by atoms with Crippen LogP contribution in [0.5, 0.6) is 0 Å². The molecule has 2 saturated heterocycles. The lowest BCUT2D eigenvalue weighted by molar-refractivity contribution is -0.0158. The van der Waals surface area contributed by atoms with Crippen LogP contribution in [0.1, 0.15) is 13.8 Å². The topological polar surface area (TPSA) is 30.9 Å². The molecule has 0 atom stereocenters. The molecule has 0 aliphatic carbocycles. The number of ether oxygens (including phenoxy) is 1. The molecule has 80 valence electrons. The monoisotopic (exact) mass is 199 g/mol. The largest absolute Gasteiger partial charge is 0.557 e. The van der Waals surface area contributed by atoms with E-state index >= 15 is 0 Å². The minimum absolute atomic E-state index is 0.146. The van der Waals surface area contributed by atoms with Crippen LogP contribution in [-0.4, -0.2) is 51.6 Å². The Kier molecular flexibility index (Phi) is 3.12. The van der Waals surface area contributed by atoms with Crippen molar-refractivity contribution in [3.8, 4) is 0 Å². The van der Waals surface area contributed by atoms with Crippen LogP contribution in [0.25, 0.3) is 0 Å². The predicted molar refractivity (Wildman–Crippen MR) is 53.8 cm³/mol. The lowest BCUT2D eigenvalue weighted by Crippen LogP contribution is -2.54. The molecule has 0 amide bonds. The second-order valence-corrected chi connectivity index (χ2v) is 4.74. The van der Waals surface area contributed by atoms with Crippen LogP contribution in [-0.2, 0) is 14.0 Å². The highest BCUT2D eigenvalue weighted by Crippen LogP contribution is 2.22. The Morgan fingerprint density at radius 3 is 2.21 bits per heavy atom. The Balaban J connectivity index is 1.82. The van der Waals surface area contributed by atoms with Crippen molar-refractivity contribution >= 4 is 7.25 Å². The summed E-state index contributed by atoms with van der Waals surface area (Å²) in [5.74, 6) is 0. The summed E-state index contributed by atoms with van der Waals surface area (Å²) in [5, 5.41) is 0. The van der Waals surface area contributed by atoms with Gasteiger partial charge in [0.05, 0.1) is 13.2 Å². The third kappa shape index (κ3) is 2.48. The van der Waals surface area contributed by atoms with Crippen molar-refractivity contribution in [1.82, 2.24) is 4.81 Å². The quantitative estimate of drug-likeness (QED) is 0.571. The molecule has 0 aromatic rings. The zero-order chi connectivity index (χ0) is 10.0. The van der Waals surface area contributed by atoms with Gasteiger partial charge in [-0.15, -0.1) is 0 Å². The molecule has 2 aliphatic rings. The third-order valence-electron chi connectivity index (χ3n) is 2.58. The number of hydrogen-bond donors (Lipinski definition) is 0. The van der Waals surface area contributed by atoms with Gasteiger partial charge >= 0.3 is 7.25 Å². The van der Waals surface area contributed by atoms with E-state index in [9.17, 15) is 0 Å². The van der Waals surface area contributed by atoms with Crippen molar-refractivity contribution in [2.75, 3.05) is 39.5 Å². The van der Waals surface area contributed by atoms with E-state index in [4.69, 9.17) is 14.0 Å². The number of hydrogen-bond acceptors (Lipinski definition) is 4. The Bertz CT molecular complexity index is 184. The highest BCUT2D eigenvalue weighted by atomic mass is 16.6. The van der Waals surface area contributed by atoms with Crippen LogP contribution in [0.15, 0.2) is 0 Å². The summed E-state index contributed by atoms with van der Waals surface area (Å²) in [4.78, 5) is 2.19. The third-order valence-corrected chi connectivity index (χ3v) is 2.58. The molecule has 0 aromatic carbocycles. The van der Waals surface area contributed by atoms with Crippen molar-refractivity contribution in [1.29, 1.82) is 0 Å². The van der Waals surface area contributed by atoms with Gasteiger partial charge in [-0.2, -0.15) is 0 Å². The Hall–Kier alpha value is -0.0951. The van der Waals surface area contributed by atoms with Gasteiger partial charge in [-0.3, -0.25) is 4.81 Å². The first-order valence-corrected chi connectivity index (χ1v) is 5.22. The summed E-state index contributed by atoms with van der Waals surface area (Å²) in [7, 11) is -0.146. The molecule has 0 unspecified atom stereocenters. The normalized spacial score (nSPS) is 29.1. The molecule has 2 fully saturated rings. The molecular formula is C9H18BNO3. The zero-order valence-electron chi connectivity index (χ0n) is 8.99. The maximum atomic E-state index is 5.68. The fraction of sp³-hybridized carbons (Fsp3) is 1.00. The Morgan fingerprint density at radius 2 is 1.64 bits per heavy atom. The molecule has 0 N–H and O–H groups in total. The maximum absolute atomic E-state index is 5.68. The standard InChI is InChI=1S/C9H18BNO3/c1-9(2)7-13-10(14-8-9)11-3-5-12-6-4-11/h3-8H2,1-2H3. The average Bonchev–Trinajstić information content (AvgIpc) is 2.19. The van der Waals surface area contributed by atoms with Crippen molar-refractivity contribution in [2.45, 2.75) is 13.8 Å². The molecule has 2 heterocycles. The van der Waals surface area contributed by atoms with Gasteiger partial charge in [-0.1, -0.05) is 13.8 Å². The average molecular weight is 199 g/mol. The van der Waals surface area contributed by atoms with Crippen molar-refractivity contribution in [3.63, 3.8) is 0 Å². The minimum Gasteiger partial charge on any atom is -0.396 e. The van der Waals surface area contributed by atoms with Gasteiger partial charge in [0.2, 0.25) is 0 Å². The second-order valence-electron chi connectivity index (χ2n) is 4.74. The van der Waals surface area contributed by atoms with E-state index in [-0.39, 0.29) is 12.7 Å². The smallest absolute Gasteiger partial charge is 0.396 e. The number of rotatable bonds is 1. The lowest BCUT2D eigenvalue weighted by Gasteiger charge is -2.38. The molecule has 0 aromatic heterocycles. The second kappa shape index (κ2) is 4.19. The van der Waals surface area contributed by atoms with Crippen LogP contribution in [0.4, 0.5) is 0 Å². The summed E-state index contributed by atoms with van der Waals surface area (Å²) >= 11 is 0. The van der Waals surface area contributed by atoms with Gasteiger partial charge in [0, 0.05) is 31.7 Å². The fourth-order valence-corrected chi connectivity index (χ4v) is 1.68. The first-order chi connectivity index (χ1) is 6.67. The van der Waals surface area contributed by atoms with E-state index in [2.05, 4.69) is 18.7 Å². The van der Waals surface area contributed by atoms with Gasteiger partial charge in [-0.05, 0) is 0 Å². The minimum atomic E-state index is -0.146. The van der Waals surface area contributed by atoms with Crippen LogP contribution in [0, 0.1) is 5.41 Å². The van der Waals surface area contributed by atoms with E-state index < -0.39 is 0 Å². The lowest BCUT2D eigenvalue weighted by atomic mass is 9.90. The number of morpholine rings is 1. The molecule has 14 heavy (non-hydrogen) atoms. The summed E-state index contributed by atoms with van der Waals surface area (Å²) in [5.41, 5.74) is 0.156. The van der Waals surface area contributed by atoms with E-state index in [1.807, 2.05) is 0 Å². The molecule has 0 radical (unpaired) electrons. The van der Waals surface area contributed by atoms with E-state index in [1.165, 1.54) is 0 Å². The number of nitrogens with zero attached hydrogens (tertiary/aromatic N) is 1. The molecule has 0 saturated carbocycles. The van der Waals surface area contributed by atoms with E-state index in [0.717, 1.165) is 39.5 Å². The molecular weight excluding hydrogens is 181 g/mol. The van der Waals surface area contributed by atoms with Gasteiger partial charge in [0.1, 0.15) is 0 Å². The van der Waals surface area contributed by atoms with Crippen molar-refractivity contribution in [3.05, 3.63) is 0 Å². The zero-order valence-corrected chi connectivity index (χ0v) is 8.99. The Morgan fingerprint density at radius 1 is 1.07 bits per heavy atom.